The van der Waals surface area contributed by atoms with Gasteiger partial charge in [-0.05, 0) is 36.8 Å². The van der Waals surface area contributed by atoms with Gasteiger partial charge in [0.15, 0.2) is 5.17 Å². The quantitative estimate of drug-likeness (QED) is 0.623. The molecular formula is C18H22N6OS. The molecule has 0 aliphatic carbocycles. The van der Waals surface area contributed by atoms with E-state index in [0.29, 0.717) is 23.6 Å². The number of nitrogens with zero attached hydrogens (tertiary/aromatic N) is 4. The average molecular weight is 370 g/mol. The van der Waals surface area contributed by atoms with Gasteiger partial charge in [-0.1, -0.05) is 17.8 Å². The molecule has 0 saturated carbocycles. The summed E-state index contributed by atoms with van der Waals surface area (Å²) < 4.78 is 0. The number of benzene rings is 1. The molecule has 26 heavy (non-hydrogen) atoms. The lowest BCUT2D eigenvalue weighted by Crippen LogP contribution is -2.36. The Morgan fingerprint density at radius 3 is 2.81 bits per heavy atom. The van der Waals surface area contributed by atoms with Crippen LogP contribution in [0.1, 0.15) is 36.8 Å². The van der Waals surface area contributed by atoms with E-state index in [0.717, 1.165) is 42.9 Å². The minimum atomic E-state index is -0.0708. The zero-order valence-electron chi connectivity index (χ0n) is 14.7. The van der Waals surface area contributed by atoms with E-state index in [1.807, 2.05) is 24.5 Å². The third kappa shape index (κ3) is 4.17. The lowest BCUT2D eigenvalue weighted by atomic mass is 9.99. The summed E-state index contributed by atoms with van der Waals surface area (Å²) in [5.74, 6) is -0.0708. The Labute approximate surface area is 157 Å². The standard InChI is InChI=1S/C18H22N6OS/c1-26-18(20)21-14-6-8-24(9-7-14)16-4-2-12(10-13(16)11-19)15-3-5-17(25)23-22-15/h2,4,10,14H,3,5-9H2,1H3,(H2,20,21)(H,23,25). The molecule has 136 valence electrons. The third-order valence-electron chi connectivity index (χ3n) is 4.68. The lowest BCUT2D eigenvalue weighted by Gasteiger charge is -2.32. The maximum atomic E-state index is 11.2. The molecule has 2 heterocycles. The molecule has 1 aromatic carbocycles. The summed E-state index contributed by atoms with van der Waals surface area (Å²) in [7, 11) is 0. The van der Waals surface area contributed by atoms with Gasteiger partial charge in [0.05, 0.1) is 23.0 Å². The molecule has 0 radical (unpaired) electrons. The number of thioether (sulfide) groups is 1. The SMILES string of the molecule is CSC(N)=NC1CCN(c2ccc(C3=NNC(=O)CC3)cc2C#N)CC1. The monoisotopic (exact) mass is 370 g/mol. The second kappa shape index (κ2) is 8.23. The van der Waals surface area contributed by atoms with Crippen LogP contribution in [0.3, 0.4) is 0 Å². The number of amides is 1. The second-order valence-corrected chi connectivity index (χ2v) is 7.15. The van der Waals surface area contributed by atoms with Crippen molar-refractivity contribution in [1.82, 2.24) is 5.43 Å². The zero-order chi connectivity index (χ0) is 18.5. The summed E-state index contributed by atoms with van der Waals surface area (Å²) in [6.07, 6.45) is 4.79. The molecule has 3 N–H and O–H groups in total. The van der Waals surface area contributed by atoms with Crippen molar-refractivity contribution in [1.29, 1.82) is 5.26 Å². The Morgan fingerprint density at radius 1 is 1.42 bits per heavy atom. The van der Waals surface area contributed by atoms with E-state index >= 15 is 0 Å². The molecule has 2 aliphatic rings. The molecule has 1 amide bonds. The molecule has 8 heteroatoms. The van der Waals surface area contributed by atoms with Gasteiger partial charge in [-0.15, -0.1) is 0 Å². The molecular weight excluding hydrogens is 348 g/mol. The van der Waals surface area contributed by atoms with Gasteiger partial charge in [0, 0.05) is 25.9 Å². The number of hydrogen-bond donors (Lipinski definition) is 2. The molecule has 1 saturated heterocycles. The highest BCUT2D eigenvalue weighted by molar-refractivity contribution is 8.13. The van der Waals surface area contributed by atoms with Gasteiger partial charge in [-0.25, -0.2) is 5.43 Å². The third-order valence-corrected chi connectivity index (χ3v) is 5.20. The fourth-order valence-corrected chi connectivity index (χ4v) is 3.49. The average Bonchev–Trinajstić information content (AvgIpc) is 2.68. The molecule has 3 rings (SSSR count). The van der Waals surface area contributed by atoms with Crippen LogP contribution in [0, 0.1) is 11.3 Å². The fraction of sp³-hybridized carbons (Fsp3) is 0.444. The number of nitriles is 1. The maximum Gasteiger partial charge on any atom is 0.240 e. The summed E-state index contributed by atoms with van der Waals surface area (Å²) in [5.41, 5.74) is 11.6. The first-order chi connectivity index (χ1) is 12.6. The van der Waals surface area contributed by atoms with E-state index in [9.17, 15) is 10.1 Å². The minimum Gasteiger partial charge on any atom is -0.379 e. The van der Waals surface area contributed by atoms with Crippen molar-refractivity contribution in [2.75, 3.05) is 24.2 Å². The Morgan fingerprint density at radius 2 is 2.19 bits per heavy atom. The Kier molecular flexibility index (Phi) is 5.78. The summed E-state index contributed by atoms with van der Waals surface area (Å²) in [5, 5.41) is 14.3. The number of carbonyl (C=O) groups excluding carboxylic acids is 1. The van der Waals surface area contributed by atoms with Gasteiger partial charge in [0.25, 0.3) is 0 Å². The van der Waals surface area contributed by atoms with E-state index in [-0.39, 0.29) is 11.9 Å². The van der Waals surface area contributed by atoms with E-state index in [2.05, 4.69) is 26.5 Å². The highest BCUT2D eigenvalue weighted by Crippen LogP contribution is 2.27. The van der Waals surface area contributed by atoms with Crippen LogP contribution in [0.4, 0.5) is 5.69 Å². The first kappa shape index (κ1) is 18.3. The summed E-state index contributed by atoms with van der Waals surface area (Å²) in [4.78, 5) is 18.0. The highest BCUT2D eigenvalue weighted by atomic mass is 32.2. The summed E-state index contributed by atoms with van der Waals surface area (Å²) >= 11 is 1.47. The number of piperidine rings is 1. The maximum absolute atomic E-state index is 11.2. The van der Waals surface area contributed by atoms with Gasteiger partial charge >= 0.3 is 0 Å². The number of anilines is 1. The number of aliphatic imine (C=N–C) groups is 1. The number of amidine groups is 1. The van der Waals surface area contributed by atoms with Crippen LogP contribution in [-0.4, -0.2) is 42.2 Å². The normalized spacial score (nSPS) is 18.9. The lowest BCUT2D eigenvalue weighted by molar-refractivity contribution is -0.121. The van der Waals surface area contributed by atoms with E-state index in [4.69, 9.17) is 5.73 Å². The van der Waals surface area contributed by atoms with Crippen LogP contribution in [0.15, 0.2) is 28.3 Å². The number of hydrogen-bond acceptors (Lipinski definition) is 6. The van der Waals surface area contributed by atoms with Crippen molar-refractivity contribution < 1.29 is 4.79 Å². The van der Waals surface area contributed by atoms with Crippen LogP contribution in [0.2, 0.25) is 0 Å². The first-order valence-electron chi connectivity index (χ1n) is 8.63. The van der Waals surface area contributed by atoms with Crippen LogP contribution in [0.25, 0.3) is 0 Å². The Hall–Kier alpha value is -2.53. The molecule has 0 spiro atoms. The number of hydrazone groups is 1. The predicted octanol–water partition coefficient (Wildman–Crippen LogP) is 1.82. The van der Waals surface area contributed by atoms with Crippen molar-refractivity contribution in [3.05, 3.63) is 29.3 Å². The molecule has 1 fully saturated rings. The second-order valence-electron chi connectivity index (χ2n) is 6.33. The molecule has 2 aliphatic heterocycles. The summed E-state index contributed by atoms with van der Waals surface area (Å²) in [6, 6.07) is 8.37. The fourth-order valence-electron chi connectivity index (χ4n) is 3.23. The van der Waals surface area contributed by atoms with Crippen molar-refractivity contribution in [2.24, 2.45) is 15.8 Å². The molecule has 1 aromatic rings. The number of nitrogens with one attached hydrogen (secondary N) is 1. The number of carbonyl (C=O) groups is 1. The molecule has 0 atom stereocenters. The van der Waals surface area contributed by atoms with Crippen LogP contribution < -0.4 is 16.1 Å². The van der Waals surface area contributed by atoms with Crippen molar-refractivity contribution in [3.8, 4) is 6.07 Å². The summed E-state index contributed by atoms with van der Waals surface area (Å²) in [6.45, 7) is 1.70. The highest BCUT2D eigenvalue weighted by Gasteiger charge is 2.22. The topological polar surface area (TPSA) is 107 Å². The van der Waals surface area contributed by atoms with Crippen LogP contribution >= 0.6 is 11.8 Å². The van der Waals surface area contributed by atoms with Gasteiger partial charge in [-0.3, -0.25) is 9.79 Å². The Balaban J connectivity index is 1.73. The number of rotatable bonds is 3. The van der Waals surface area contributed by atoms with Gasteiger partial charge in [-0.2, -0.15) is 10.4 Å². The largest absolute Gasteiger partial charge is 0.379 e. The molecule has 0 bridgehead atoms. The molecule has 0 aromatic heterocycles. The molecule has 0 unspecified atom stereocenters. The van der Waals surface area contributed by atoms with Crippen molar-refractivity contribution in [2.45, 2.75) is 31.7 Å². The van der Waals surface area contributed by atoms with Crippen molar-refractivity contribution >= 4 is 34.2 Å². The van der Waals surface area contributed by atoms with Gasteiger partial charge in [0.2, 0.25) is 5.91 Å². The smallest absolute Gasteiger partial charge is 0.240 e. The van der Waals surface area contributed by atoms with Crippen LogP contribution in [-0.2, 0) is 4.79 Å². The van der Waals surface area contributed by atoms with Crippen LogP contribution in [0.5, 0.6) is 0 Å². The number of nitrogens with two attached hydrogens (primary N) is 1. The predicted molar refractivity (Wildman–Crippen MR) is 105 cm³/mol. The van der Waals surface area contributed by atoms with Crippen molar-refractivity contribution in [3.63, 3.8) is 0 Å². The Bertz CT molecular complexity index is 789. The first-order valence-corrected chi connectivity index (χ1v) is 9.85. The molecule has 7 nitrogen and oxygen atoms in total. The van der Waals surface area contributed by atoms with E-state index < -0.39 is 0 Å². The van der Waals surface area contributed by atoms with E-state index in [1.165, 1.54) is 11.8 Å². The van der Waals surface area contributed by atoms with E-state index in [1.54, 1.807) is 0 Å². The van der Waals surface area contributed by atoms with Gasteiger partial charge < -0.3 is 10.6 Å². The van der Waals surface area contributed by atoms with Gasteiger partial charge in [0.1, 0.15) is 6.07 Å². The zero-order valence-corrected chi connectivity index (χ0v) is 15.6. The minimum absolute atomic E-state index is 0.0708.